The molecule has 8 nitrogen and oxygen atoms in total. The largest absolute Gasteiger partial charge is 0.325 e. The second-order valence-electron chi connectivity index (χ2n) is 6.21. The van der Waals surface area contributed by atoms with E-state index in [0.29, 0.717) is 17.1 Å². The van der Waals surface area contributed by atoms with Gasteiger partial charge in [-0.25, -0.2) is 13.6 Å². The van der Waals surface area contributed by atoms with Crippen LogP contribution < -0.4 is 10.6 Å². The van der Waals surface area contributed by atoms with E-state index in [4.69, 9.17) is 0 Å². The minimum absolute atomic E-state index is 0.191. The molecule has 4 rings (SSSR count). The zero-order valence-corrected chi connectivity index (χ0v) is 15.1. The number of carbonyl (C=O) groups excluding carboxylic acids is 1. The summed E-state index contributed by atoms with van der Waals surface area (Å²) in [4.78, 5) is 16.4. The van der Waals surface area contributed by atoms with Gasteiger partial charge in [0.05, 0.1) is 11.4 Å². The molecule has 4 aromatic rings. The van der Waals surface area contributed by atoms with Gasteiger partial charge in [0, 0.05) is 48.9 Å². The fourth-order valence-electron chi connectivity index (χ4n) is 2.82. The molecule has 0 saturated carbocycles. The Labute approximate surface area is 163 Å². The van der Waals surface area contributed by atoms with Crippen molar-refractivity contribution in [2.75, 3.05) is 10.6 Å². The Bertz CT molecular complexity index is 1150. The van der Waals surface area contributed by atoms with Crippen LogP contribution in [0.5, 0.6) is 0 Å². The molecule has 0 radical (unpaired) electrons. The maximum Gasteiger partial charge on any atom is 0.325 e. The maximum absolute atomic E-state index is 13.4. The van der Waals surface area contributed by atoms with Gasteiger partial charge in [-0.1, -0.05) is 0 Å². The second kappa shape index (κ2) is 7.50. The maximum atomic E-state index is 13.4. The number of benzene rings is 1. The molecule has 0 saturated heterocycles. The van der Waals surface area contributed by atoms with Crippen molar-refractivity contribution in [2.24, 2.45) is 7.05 Å². The lowest BCUT2D eigenvalue weighted by atomic mass is 10.1. The monoisotopic (exact) mass is 395 g/mol. The molecule has 3 N–H and O–H groups in total. The number of hydrogen-bond acceptors (Lipinski definition) is 4. The molecule has 0 unspecified atom stereocenters. The van der Waals surface area contributed by atoms with Gasteiger partial charge in [0.2, 0.25) is 0 Å². The van der Waals surface area contributed by atoms with Crippen molar-refractivity contribution >= 4 is 17.5 Å². The third-order valence-corrected chi connectivity index (χ3v) is 4.02. The minimum atomic E-state index is -0.706. The highest BCUT2D eigenvalue weighted by Crippen LogP contribution is 2.26. The number of pyridine rings is 1. The molecule has 0 bridgehead atoms. The first-order valence-electron chi connectivity index (χ1n) is 8.52. The predicted octanol–water partition coefficient (Wildman–Crippen LogP) is 3.79. The van der Waals surface area contributed by atoms with Crippen molar-refractivity contribution in [3.8, 4) is 22.5 Å². The highest BCUT2D eigenvalue weighted by Gasteiger charge is 2.14. The molecule has 1 aromatic carbocycles. The number of nitrogens with zero attached hydrogens (tertiary/aromatic N) is 4. The summed E-state index contributed by atoms with van der Waals surface area (Å²) < 4.78 is 28.4. The van der Waals surface area contributed by atoms with E-state index in [1.165, 1.54) is 6.07 Å². The van der Waals surface area contributed by atoms with Crippen LogP contribution in [0.3, 0.4) is 0 Å². The Morgan fingerprint density at radius 3 is 2.48 bits per heavy atom. The Balaban J connectivity index is 1.50. The lowest BCUT2D eigenvalue weighted by molar-refractivity contribution is 0.262. The molecule has 3 heterocycles. The lowest BCUT2D eigenvalue weighted by Gasteiger charge is -2.05. The molecule has 0 aliphatic rings. The number of H-pyrrole nitrogens is 1. The smallest absolute Gasteiger partial charge is 0.304 e. The zero-order valence-electron chi connectivity index (χ0n) is 15.1. The fourth-order valence-corrected chi connectivity index (χ4v) is 2.82. The SMILES string of the molecule is Cn1cc(NC(=O)Nc2cc(-c3cc(F)cc(F)c3)[nH]n2)c(-c2ccncc2)n1. The van der Waals surface area contributed by atoms with E-state index in [1.54, 1.807) is 42.5 Å². The molecule has 2 amide bonds. The van der Waals surface area contributed by atoms with Crippen LogP contribution in [0.2, 0.25) is 0 Å². The van der Waals surface area contributed by atoms with Crippen LogP contribution in [0.25, 0.3) is 22.5 Å². The summed E-state index contributed by atoms with van der Waals surface area (Å²) in [6.07, 6.45) is 4.93. The summed E-state index contributed by atoms with van der Waals surface area (Å²) >= 11 is 0. The molecule has 0 aliphatic carbocycles. The molecular formula is C19H15F2N7O. The first-order valence-corrected chi connectivity index (χ1v) is 8.52. The molecule has 0 aliphatic heterocycles. The van der Waals surface area contributed by atoms with Crippen LogP contribution in [0, 0.1) is 11.6 Å². The number of nitrogens with one attached hydrogen (secondary N) is 3. The standard InChI is InChI=1S/C19H15F2N7O/c1-28-10-16(18(27-28)11-2-4-22-5-3-11)23-19(29)24-17-9-15(25-26-17)12-6-13(20)8-14(21)7-12/h2-10H,1H3,(H3,23,24,25,26,29). The number of hydrogen-bond donors (Lipinski definition) is 3. The normalized spacial score (nSPS) is 10.7. The molecular weight excluding hydrogens is 380 g/mol. The number of amides is 2. The summed E-state index contributed by atoms with van der Waals surface area (Å²) in [6.45, 7) is 0. The summed E-state index contributed by atoms with van der Waals surface area (Å²) in [5, 5.41) is 16.2. The number of halogens is 2. The van der Waals surface area contributed by atoms with Gasteiger partial charge in [0.15, 0.2) is 5.82 Å². The first kappa shape index (κ1) is 18.3. The molecule has 146 valence electrons. The minimum Gasteiger partial charge on any atom is -0.304 e. The Morgan fingerprint density at radius 2 is 1.76 bits per heavy atom. The van der Waals surface area contributed by atoms with Crippen molar-refractivity contribution in [2.45, 2.75) is 0 Å². The topological polar surface area (TPSA) is 101 Å². The van der Waals surface area contributed by atoms with Crippen molar-refractivity contribution in [1.29, 1.82) is 0 Å². The van der Waals surface area contributed by atoms with Crippen LogP contribution in [0.15, 0.2) is 55.0 Å². The van der Waals surface area contributed by atoms with Crippen LogP contribution in [-0.2, 0) is 7.05 Å². The number of aromatic nitrogens is 5. The summed E-state index contributed by atoms with van der Waals surface area (Å²) in [5.74, 6) is -1.22. The van der Waals surface area contributed by atoms with E-state index in [1.807, 2.05) is 0 Å². The number of aryl methyl sites for hydroxylation is 1. The Hall–Kier alpha value is -4.08. The second-order valence-corrected chi connectivity index (χ2v) is 6.21. The van der Waals surface area contributed by atoms with Gasteiger partial charge < -0.3 is 5.32 Å². The van der Waals surface area contributed by atoms with Crippen LogP contribution in [0.4, 0.5) is 25.1 Å². The van der Waals surface area contributed by atoms with Crippen molar-refractivity contribution in [1.82, 2.24) is 25.0 Å². The van der Waals surface area contributed by atoms with E-state index < -0.39 is 17.7 Å². The van der Waals surface area contributed by atoms with E-state index in [-0.39, 0.29) is 11.4 Å². The Morgan fingerprint density at radius 1 is 1.03 bits per heavy atom. The third-order valence-electron chi connectivity index (χ3n) is 4.02. The average Bonchev–Trinajstić information content (AvgIpc) is 3.28. The molecule has 0 atom stereocenters. The number of aromatic amines is 1. The third kappa shape index (κ3) is 4.10. The molecule has 3 aromatic heterocycles. The van der Waals surface area contributed by atoms with Gasteiger partial charge in [-0.05, 0) is 24.3 Å². The van der Waals surface area contributed by atoms with Crippen molar-refractivity contribution in [3.63, 3.8) is 0 Å². The molecule has 10 heteroatoms. The van der Waals surface area contributed by atoms with E-state index in [0.717, 1.165) is 23.8 Å². The van der Waals surface area contributed by atoms with Gasteiger partial charge in [0.1, 0.15) is 17.3 Å². The van der Waals surface area contributed by atoms with Gasteiger partial charge in [-0.15, -0.1) is 0 Å². The average molecular weight is 395 g/mol. The lowest BCUT2D eigenvalue weighted by Crippen LogP contribution is -2.19. The van der Waals surface area contributed by atoms with Gasteiger partial charge >= 0.3 is 6.03 Å². The summed E-state index contributed by atoms with van der Waals surface area (Å²) in [6, 6.07) is 7.60. The van der Waals surface area contributed by atoms with Gasteiger partial charge in [0.25, 0.3) is 0 Å². The number of carbonyl (C=O) groups is 1. The van der Waals surface area contributed by atoms with Crippen molar-refractivity contribution in [3.05, 3.63) is 66.6 Å². The van der Waals surface area contributed by atoms with Crippen LogP contribution in [-0.4, -0.2) is 31.0 Å². The quantitative estimate of drug-likeness (QED) is 0.489. The summed E-state index contributed by atoms with van der Waals surface area (Å²) in [5.41, 5.74) is 2.52. The fraction of sp³-hybridized carbons (Fsp3) is 0.0526. The predicted molar refractivity (Wildman–Crippen MR) is 103 cm³/mol. The number of rotatable bonds is 4. The van der Waals surface area contributed by atoms with E-state index in [9.17, 15) is 13.6 Å². The van der Waals surface area contributed by atoms with Gasteiger partial charge in [-0.2, -0.15) is 10.2 Å². The van der Waals surface area contributed by atoms with Crippen LogP contribution in [0.1, 0.15) is 0 Å². The van der Waals surface area contributed by atoms with E-state index >= 15 is 0 Å². The van der Waals surface area contributed by atoms with Crippen molar-refractivity contribution < 1.29 is 13.6 Å². The summed E-state index contributed by atoms with van der Waals surface area (Å²) in [7, 11) is 1.74. The Kier molecular flexibility index (Phi) is 4.73. The highest BCUT2D eigenvalue weighted by atomic mass is 19.1. The van der Waals surface area contributed by atoms with E-state index in [2.05, 4.69) is 30.9 Å². The zero-order chi connectivity index (χ0) is 20.4. The highest BCUT2D eigenvalue weighted by molar-refractivity contribution is 6.01. The first-order chi connectivity index (χ1) is 14.0. The molecule has 0 fully saturated rings. The van der Waals surface area contributed by atoms with Gasteiger partial charge in [-0.3, -0.25) is 20.1 Å². The number of urea groups is 1. The molecule has 0 spiro atoms. The molecule has 29 heavy (non-hydrogen) atoms. The number of anilines is 2. The van der Waals surface area contributed by atoms with Crippen LogP contribution >= 0.6 is 0 Å².